The molecule has 4 heteroatoms. The highest BCUT2D eigenvalue weighted by Crippen LogP contribution is 2.29. The molecule has 1 unspecified atom stereocenters. The fourth-order valence-corrected chi connectivity index (χ4v) is 2.64. The van der Waals surface area contributed by atoms with Gasteiger partial charge in [-0.1, -0.05) is 0 Å². The van der Waals surface area contributed by atoms with Gasteiger partial charge in [0.2, 0.25) is 0 Å². The number of anilines is 1. The maximum atomic E-state index is 13.6. The summed E-state index contributed by atoms with van der Waals surface area (Å²) in [6.45, 7) is 4.90. The third kappa shape index (κ3) is 2.95. The van der Waals surface area contributed by atoms with Crippen LogP contribution in [0.25, 0.3) is 0 Å². The maximum absolute atomic E-state index is 13.6. The minimum absolute atomic E-state index is 0.125. The van der Waals surface area contributed by atoms with Crippen LogP contribution in [0.5, 0.6) is 0 Å². The quantitative estimate of drug-likeness (QED) is 0.854. The van der Waals surface area contributed by atoms with Crippen molar-refractivity contribution in [1.29, 1.82) is 0 Å². The topological polar surface area (TPSA) is 40.5 Å². The first-order chi connectivity index (χ1) is 9.02. The van der Waals surface area contributed by atoms with E-state index in [2.05, 4.69) is 4.90 Å². The number of hydrogen-bond acceptors (Lipinski definition) is 3. The number of carbonyl (C=O) groups excluding carboxylic acids is 1. The third-order valence-electron chi connectivity index (χ3n) is 3.77. The Bertz CT molecular complexity index is 487. The van der Waals surface area contributed by atoms with E-state index in [1.165, 1.54) is 13.0 Å². The van der Waals surface area contributed by atoms with Gasteiger partial charge >= 0.3 is 0 Å². The second-order valence-corrected chi connectivity index (χ2v) is 5.31. The molecule has 104 valence electrons. The Morgan fingerprint density at radius 2 is 2.26 bits per heavy atom. The van der Waals surface area contributed by atoms with Gasteiger partial charge in [0.25, 0.3) is 0 Å². The second-order valence-electron chi connectivity index (χ2n) is 5.31. The van der Waals surface area contributed by atoms with Gasteiger partial charge in [-0.05, 0) is 50.3 Å². The minimum Gasteiger partial charge on any atom is -0.396 e. The smallest absolute Gasteiger partial charge is 0.161 e. The molecule has 0 amide bonds. The van der Waals surface area contributed by atoms with E-state index >= 15 is 0 Å². The lowest BCUT2D eigenvalue weighted by Crippen LogP contribution is -2.37. The van der Waals surface area contributed by atoms with Crippen molar-refractivity contribution in [1.82, 2.24) is 0 Å². The maximum Gasteiger partial charge on any atom is 0.161 e. The number of aliphatic hydroxyl groups excluding tert-OH is 1. The molecule has 0 bridgehead atoms. The Kier molecular flexibility index (Phi) is 4.20. The molecule has 1 N–H and O–H groups in total. The SMILES string of the molecule is CC(=O)c1cc(F)c(C)cc1N1CCCC(CO)C1. The van der Waals surface area contributed by atoms with Crippen LogP contribution in [0.15, 0.2) is 12.1 Å². The van der Waals surface area contributed by atoms with Crippen molar-refractivity contribution in [3.63, 3.8) is 0 Å². The summed E-state index contributed by atoms with van der Waals surface area (Å²) in [5.41, 5.74) is 1.78. The minimum atomic E-state index is -0.343. The zero-order valence-corrected chi connectivity index (χ0v) is 11.4. The van der Waals surface area contributed by atoms with E-state index in [0.717, 1.165) is 31.6 Å². The van der Waals surface area contributed by atoms with Crippen LogP contribution in [0, 0.1) is 18.7 Å². The van der Waals surface area contributed by atoms with Crippen LogP contribution in [0.1, 0.15) is 35.7 Å². The van der Waals surface area contributed by atoms with Crippen LogP contribution in [0.2, 0.25) is 0 Å². The number of hydrogen-bond donors (Lipinski definition) is 1. The standard InChI is InChI=1S/C15H20FNO2/c1-10-6-15(13(11(2)19)7-14(10)16)17-5-3-4-12(8-17)9-18/h6-7,12,18H,3-5,8-9H2,1-2H3. The first kappa shape index (κ1) is 14.0. The molecule has 1 aromatic carbocycles. The fourth-order valence-electron chi connectivity index (χ4n) is 2.64. The Morgan fingerprint density at radius 1 is 1.53 bits per heavy atom. The molecule has 19 heavy (non-hydrogen) atoms. The fraction of sp³-hybridized carbons (Fsp3) is 0.533. The average Bonchev–Trinajstić information content (AvgIpc) is 2.41. The van der Waals surface area contributed by atoms with E-state index in [-0.39, 0.29) is 24.1 Å². The van der Waals surface area contributed by atoms with Gasteiger partial charge in [0.05, 0.1) is 0 Å². The molecule has 0 radical (unpaired) electrons. The van der Waals surface area contributed by atoms with Crippen molar-refractivity contribution in [2.45, 2.75) is 26.7 Å². The van der Waals surface area contributed by atoms with Crippen molar-refractivity contribution >= 4 is 11.5 Å². The molecule has 3 nitrogen and oxygen atoms in total. The number of benzene rings is 1. The first-order valence-electron chi connectivity index (χ1n) is 6.69. The Morgan fingerprint density at radius 3 is 2.89 bits per heavy atom. The molecule has 0 aromatic heterocycles. The van der Waals surface area contributed by atoms with E-state index in [4.69, 9.17) is 0 Å². The van der Waals surface area contributed by atoms with Crippen LogP contribution >= 0.6 is 0 Å². The monoisotopic (exact) mass is 265 g/mol. The predicted molar refractivity (Wildman–Crippen MR) is 73.2 cm³/mol. The van der Waals surface area contributed by atoms with Crippen LogP contribution in [-0.4, -0.2) is 30.6 Å². The lowest BCUT2D eigenvalue weighted by Gasteiger charge is -2.34. The number of aliphatic hydroxyl groups is 1. The van der Waals surface area contributed by atoms with E-state index in [1.54, 1.807) is 13.0 Å². The summed E-state index contributed by atoms with van der Waals surface area (Å²) in [5.74, 6) is -0.233. The number of rotatable bonds is 3. The molecule has 1 aliphatic heterocycles. The number of piperidine rings is 1. The van der Waals surface area contributed by atoms with Gasteiger partial charge < -0.3 is 10.0 Å². The van der Waals surface area contributed by atoms with Crippen molar-refractivity contribution < 1.29 is 14.3 Å². The summed E-state index contributed by atoms with van der Waals surface area (Å²) < 4.78 is 13.6. The molecule has 0 aliphatic carbocycles. The molecule has 1 saturated heterocycles. The molecule has 1 heterocycles. The molecule has 1 aliphatic rings. The average molecular weight is 265 g/mol. The van der Waals surface area contributed by atoms with E-state index < -0.39 is 0 Å². The second kappa shape index (κ2) is 5.70. The lowest BCUT2D eigenvalue weighted by atomic mass is 9.96. The van der Waals surface area contributed by atoms with Crippen molar-refractivity contribution in [2.75, 3.05) is 24.6 Å². The highest BCUT2D eigenvalue weighted by Gasteiger charge is 2.23. The highest BCUT2D eigenvalue weighted by atomic mass is 19.1. The molecule has 1 atom stereocenters. The summed E-state index contributed by atoms with van der Waals surface area (Å²) in [4.78, 5) is 13.8. The molecule has 1 fully saturated rings. The van der Waals surface area contributed by atoms with Gasteiger partial charge in [0.15, 0.2) is 5.78 Å². The van der Waals surface area contributed by atoms with Crippen LogP contribution in [0.3, 0.4) is 0 Å². The Balaban J connectivity index is 2.37. The number of ketones is 1. The van der Waals surface area contributed by atoms with Gasteiger partial charge in [0.1, 0.15) is 5.82 Å². The zero-order chi connectivity index (χ0) is 14.0. The Hall–Kier alpha value is -1.42. The molecular weight excluding hydrogens is 245 g/mol. The van der Waals surface area contributed by atoms with E-state index in [9.17, 15) is 14.3 Å². The Labute approximate surface area is 113 Å². The number of halogens is 1. The summed E-state index contributed by atoms with van der Waals surface area (Å²) >= 11 is 0. The largest absolute Gasteiger partial charge is 0.396 e. The number of aryl methyl sites for hydroxylation is 1. The summed E-state index contributed by atoms with van der Waals surface area (Å²) in [6.07, 6.45) is 1.99. The van der Waals surface area contributed by atoms with Gasteiger partial charge in [-0.15, -0.1) is 0 Å². The lowest BCUT2D eigenvalue weighted by molar-refractivity contribution is 0.101. The molecule has 0 saturated carbocycles. The van der Waals surface area contributed by atoms with E-state index in [0.29, 0.717) is 11.1 Å². The van der Waals surface area contributed by atoms with Crippen molar-refractivity contribution in [3.05, 3.63) is 29.1 Å². The van der Waals surface area contributed by atoms with Crippen LogP contribution in [-0.2, 0) is 0 Å². The summed E-state index contributed by atoms with van der Waals surface area (Å²) in [6, 6.07) is 3.07. The number of Topliss-reactive ketones (excluding diaryl/α,β-unsaturated/α-hetero) is 1. The first-order valence-corrected chi connectivity index (χ1v) is 6.69. The van der Waals surface area contributed by atoms with E-state index in [1.807, 2.05) is 0 Å². The molecule has 2 rings (SSSR count). The number of carbonyl (C=O) groups is 1. The summed E-state index contributed by atoms with van der Waals surface area (Å²) in [7, 11) is 0. The zero-order valence-electron chi connectivity index (χ0n) is 11.4. The van der Waals surface area contributed by atoms with Gasteiger partial charge in [-0.3, -0.25) is 4.79 Å². The summed E-state index contributed by atoms with van der Waals surface area (Å²) in [5, 5.41) is 9.28. The van der Waals surface area contributed by atoms with Gasteiger partial charge in [-0.2, -0.15) is 0 Å². The highest BCUT2D eigenvalue weighted by molar-refractivity contribution is 6.00. The normalized spacial score (nSPS) is 19.6. The number of nitrogens with zero attached hydrogens (tertiary/aromatic N) is 1. The molecular formula is C15H20FNO2. The molecule has 1 aromatic rings. The molecule has 0 spiro atoms. The van der Waals surface area contributed by atoms with Crippen LogP contribution < -0.4 is 4.90 Å². The predicted octanol–water partition coefficient (Wildman–Crippen LogP) is 2.55. The third-order valence-corrected chi connectivity index (χ3v) is 3.77. The van der Waals surface area contributed by atoms with Gasteiger partial charge in [0, 0.05) is 30.9 Å². The van der Waals surface area contributed by atoms with Gasteiger partial charge in [-0.25, -0.2) is 4.39 Å². The van der Waals surface area contributed by atoms with Crippen molar-refractivity contribution in [2.24, 2.45) is 5.92 Å². The van der Waals surface area contributed by atoms with Crippen molar-refractivity contribution in [3.8, 4) is 0 Å². The van der Waals surface area contributed by atoms with Crippen LogP contribution in [0.4, 0.5) is 10.1 Å².